The van der Waals surface area contributed by atoms with Crippen LogP contribution in [0, 0.1) is 0 Å². The van der Waals surface area contributed by atoms with E-state index in [9.17, 15) is 0 Å². The molecule has 5 heteroatoms. The normalized spacial score (nSPS) is 10.7. The molecule has 1 heterocycles. The van der Waals surface area contributed by atoms with E-state index in [1.807, 2.05) is 13.0 Å². The van der Waals surface area contributed by atoms with E-state index in [0.29, 0.717) is 5.95 Å². The van der Waals surface area contributed by atoms with E-state index in [1.54, 1.807) is 6.20 Å². The Bertz CT molecular complexity index is 325. The van der Waals surface area contributed by atoms with Crippen molar-refractivity contribution in [3.05, 3.63) is 12.3 Å². The first-order chi connectivity index (χ1) is 8.80. The van der Waals surface area contributed by atoms with Crippen molar-refractivity contribution in [1.29, 1.82) is 0 Å². The van der Waals surface area contributed by atoms with Crippen molar-refractivity contribution >= 4 is 11.8 Å². The minimum atomic E-state index is 0.686. The Morgan fingerprint density at radius 3 is 2.61 bits per heavy atom. The summed E-state index contributed by atoms with van der Waals surface area (Å²) in [5.41, 5.74) is 0. The second-order valence-corrected chi connectivity index (χ2v) is 4.10. The first-order valence-corrected chi connectivity index (χ1v) is 6.83. The molecule has 18 heavy (non-hydrogen) atoms. The number of nitrogens with zero attached hydrogens (tertiary/aromatic N) is 3. The minimum absolute atomic E-state index is 0.686. The largest absolute Gasteiger partial charge is 0.370 e. The molecule has 5 nitrogen and oxygen atoms in total. The Balaban J connectivity index is 2.28. The fourth-order valence-corrected chi connectivity index (χ4v) is 1.76. The summed E-state index contributed by atoms with van der Waals surface area (Å²) >= 11 is 0. The highest BCUT2D eigenvalue weighted by atomic mass is 15.1. The molecule has 0 radical (unpaired) electrons. The van der Waals surface area contributed by atoms with Crippen LogP contribution >= 0.6 is 0 Å². The van der Waals surface area contributed by atoms with E-state index in [4.69, 9.17) is 0 Å². The summed E-state index contributed by atoms with van der Waals surface area (Å²) in [4.78, 5) is 10.9. The van der Waals surface area contributed by atoms with Crippen LogP contribution in [0.4, 0.5) is 11.8 Å². The molecule has 0 aliphatic heterocycles. The van der Waals surface area contributed by atoms with E-state index >= 15 is 0 Å². The lowest BCUT2D eigenvalue weighted by Crippen LogP contribution is -2.25. The maximum absolute atomic E-state index is 4.37. The standard InChI is InChI=1S/C13H25N5/c1-4-14-13-16-10-8-12(17-13)15-9-7-11-18(5-2)6-3/h8,10H,4-7,9,11H2,1-3H3,(H2,14,15,16,17). The predicted octanol–water partition coefficient (Wildman–Crippen LogP) is 2.05. The molecule has 1 rings (SSSR count). The van der Waals surface area contributed by atoms with E-state index in [0.717, 1.165) is 45.0 Å². The molecule has 0 bridgehead atoms. The lowest BCUT2D eigenvalue weighted by atomic mass is 10.3. The van der Waals surface area contributed by atoms with E-state index in [2.05, 4.69) is 39.3 Å². The molecule has 0 unspecified atom stereocenters. The van der Waals surface area contributed by atoms with Crippen molar-refractivity contribution in [2.45, 2.75) is 27.2 Å². The van der Waals surface area contributed by atoms with Gasteiger partial charge in [-0.3, -0.25) is 0 Å². The summed E-state index contributed by atoms with van der Waals surface area (Å²) in [6, 6.07) is 1.90. The van der Waals surface area contributed by atoms with Gasteiger partial charge in [-0.25, -0.2) is 4.98 Å². The highest BCUT2D eigenvalue weighted by Gasteiger charge is 1.99. The summed E-state index contributed by atoms with van der Waals surface area (Å²) < 4.78 is 0. The van der Waals surface area contributed by atoms with Crippen molar-refractivity contribution in [2.24, 2.45) is 0 Å². The fourth-order valence-electron chi connectivity index (χ4n) is 1.76. The number of nitrogens with one attached hydrogen (secondary N) is 2. The van der Waals surface area contributed by atoms with E-state index < -0.39 is 0 Å². The van der Waals surface area contributed by atoms with Crippen molar-refractivity contribution in [3.8, 4) is 0 Å². The number of rotatable bonds is 9. The molecule has 0 aromatic carbocycles. The molecule has 0 fully saturated rings. The Kier molecular flexibility index (Phi) is 7.10. The smallest absolute Gasteiger partial charge is 0.224 e. The number of aromatic nitrogens is 2. The summed E-state index contributed by atoms with van der Waals surface area (Å²) in [5, 5.41) is 6.43. The van der Waals surface area contributed by atoms with Gasteiger partial charge in [-0.2, -0.15) is 4.98 Å². The second kappa shape index (κ2) is 8.69. The second-order valence-electron chi connectivity index (χ2n) is 4.10. The molecule has 0 spiro atoms. The quantitative estimate of drug-likeness (QED) is 0.658. The molecule has 0 amide bonds. The molecule has 0 aliphatic carbocycles. The van der Waals surface area contributed by atoms with Crippen LogP contribution in [0.3, 0.4) is 0 Å². The van der Waals surface area contributed by atoms with Gasteiger partial charge in [-0.05, 0) is 39.0 Å². The van der Waals surface area contributed by atoms with Crippen LogP contribution in [0.15, 0.2) is 12.3 Å². The third-order valence-electron chi connectivity index (χ3n) is 2.84. The molecular formula is C13H25N5. The molecular weight excluding hydrogens is 226 g/mol. The van der Waals surface area contributed by atoms with Crippen molar-refractivity contribution in [1.82, 2.24) is 14.9 Å². The van der Waals surface area contributed by atoms with Gasteiger partial charge in [-0.1, -0.05) is 13.8 Å². The van der Waals surface area contributed by atoms with Crippen LogP contribution in [0.5, 0.6) is 0 Å². The fraction of sp³-hybridized carbons (Fsp3) is 0.692. The predicted molar refractivity (Wildman–Crippen MR) is 77.1 cm³/mol. The van der Waals surface area contributed by atoms with Crippen molar-refractivity contribution < 1.29 is 0 Å². The Morgan fingerprint density at radius 2 is 1.94 bits per heavy atom. The average Bonchev–Trinajstić information content (AvgIpc) is 2.40. The van der Waals surface area contributed by atoms with Gasteiger partial charge in [-0.15, -0.1) is 0 Å². The highest BCUT2D eigenvalue weighted by molar-refractivity contribution is 5.39. The molecule has 1 aromatic rings. The van der Waals surface area contributed by atoms with Gasteiger partial charge in [0.1, 0.15) is 5.82 Å². The van der Waals surface area contributed by atoms with Crippen molar-refractivity contribution in [2.75, 3.05) is 43.4 Å². The Hall–Kier alpha value is -1.36. The van der Waals surface area contributed by atoms with E-state index in [-0.39, 0.29) is 0 Å². The topological polar surface area (TPSA) is 53.1 Å². The van der Waals surface area contributed by atoms with Crippen LogP contribution in [0.25, 0.3) is 0 Å². The Labute approximate surface area is 110 Å². The molecule has 0 aliphatic rings. The lowest BCUT2D eigenvalue weighted by Gasteiger charge is -2.17. The first-order valence-electron chi connectivity index (χ1n) is 6.83. The average molecular weight is 251 g/mol. The van der Waals surface area contributed by atoms with Gasteiger partial charge in [0.15, 0.2) is 0 Å². The summed E-state index contributed by atoms with van der Waals surface area (Å²) in [5.74, 6) is 1.58. The summed E-state index contributed by atoms with van der Waals surface area (Å²) in [7, 11) is 0. The van der Waals surface area contributed by atoms with Gasteiger partial charge in [0, 0.05) is 19.3 Å². The van der Waals surface area contributed by atoms with Gasteiger partial charge < -0.3 is 15.5 Å². The third-order valence-corrected chi connectivity index (χ3v) is 2.84. The molecule has 1 aromatic heterocycles. The van der Waals surface area contributed by atoms with Gasteiger partial charge in [0.2, 0.25) is 5.95 Å². The minimum Gasteiger partial charge on any atom is -0.370 e. The highest BCUT2D eigenvalue weighted by Crippen LogP contribution is 2.05. The van der Waals surface area contributed by atoms with Crippen LogP contribution in [-0.4, -0.2) is 47.6 Å². The first kappa shape index (κ1) is 14.7. The molecule has 0 saturated heterocycles. The zero-order chi connectivity index (χ0) is 13.2. The third kappa shape index (κ3) is 5.31. The SMILES string of the molecule is CCNc1nccc(NCCCN(CC)CC)n1. The molecule has 102 valence electrons. The maximum Gasteiger partial charge on any atom is 0.224 e. The molecule has 0 saturated carbocycles. The lowest BCUT2D eigenvalue weighted by molar-refractivity contribution is 0.303. The van der Waals surface area contributed by atoms with Crippen LogP contribution in [0.2, 0.25) is 0 Å². The number of hydrogen-bond donors (Lipinski definition) is 2. The summed E-state index contributed by atoms with van der Waals surface area (Å²) in [6.45, 7) is 11.6. The van der Waals surface area contributed by atoms with Gasteiger partial charge in [0.25, 0.3) is 0 Å². The van der Waals surface area contributed by atoms with E-state index in [1.165, 1.54) is 0 Å². The maximum atomic E-state index is 4.37. The van der Waals surface area contributed by atoms with Gasteiger partial charge >= 0.3 is 0 Å². The number of hydrogen-bond acceptors (Lipinski definition) is 5. The zero-order valence-corrected chi connectivity index (χ0v) is 11.7. The molecule has 0 atom stereocenters. The van der Waals surface area contributed by atoms with Crippen LogP contribution < -0.4 is 10.6 Å². The van der Waals surface area contributed by atoms with Crippen LogP contribution in [0.1, 0.15) is 27.2 Å². The van der Waals surface area contributed by atoms with Crippen LogP contribution in [-0.2, 0) is 0 Å². The summed E-state index contributed by atoms with van der Waals surface area (Å²) in [6.07, 6.45) is 2.90. The van der Waals surface area contributed by atoms with Gasteiger partial charge in [0.05, 0.1) is 0 Å². The Morgan fingerprint density at radius 1 is 1.17 bits per heavy atom. The molecule has 2 N–H and O–H groups in total. The monoisotopic (exact) mass is 251 g/mol. The van der Waals surface area contributed by atoms with Crippen molar-refractivity contribution in [3.63, 3.8) is 0 Å². The number of anilines is 2. The zero-order valence-electron chi connectivity index (χ0n) is 11.7.